The Balaban J connectivity index is 2.45. The van der Waals surface area contributed by atoms with Gasteiger partial charge in [0.2, 0.25) is 3.79 Å². The molecule has 1 atom stereocenters. The monoisotopic (exact) mass is 311 g/mol. The Morgan fingerprint density at radius 1 is 1.44 bits per heavy atom. The number of hydrogen-bond donors (Lipinski definition) is 2. The van der Waals surface area contributed by atoms with Gasteiger partial charge >= 0.3 is 0 Å². The molecule has 100 valence electrons. The number of ether oxygens (including phenoxy) is 1. The van der Waals surface area contributed by atoms with Crippen LogP contribution in [0.15, 0.2) is 24.3 Å². The summed E-state index contributed by atoms with van der Waals surface area (Å²) in [5.41, 5.74) is 0.896. The molecule has 0 spiro atoms. The number of hydrogen-bond acceptors (Lipinski definition) is 3. The number of amides is 1. The average Bonchev–Trinajstić information content (AvgIpc) is 2.26. The van der Waals surface area contributed by atoms with Crippen LogP contribution >= 0.6 is 34.8 Å². The van der Waals surface area contributed by atoms with Crippen LogP contribution in [0.2, 0.25) is 0 Å². The van der Waals surface area contributed by atoms with Crippen LogP contribution in [0, 0.1) is 6.92 Å². The van der Waals surface area contributed by atoms with E-state index in [0.29, 0.717) is 5.75 Å². The molecule has 1 amide bonds. The zero-order chi connectivity index (χ0) is 13.8. The van der Waals surface area contributed by atoms with Gasteiger partial charge in [-0.1, -0.05) is 53.0 Å². The summed E-state index contributed by atoms with van der Waals surface area (Å²) in [5, 5.41) is 11.4. The molecule has 2 N–H and O–H groups in total. The van der Waals surface area contributed by atoms with Crippen LogP contribution in [0.3, 0.4) is 0 Å². The molecular formula is C11H12Cl3NO3. The summed E-state index contributed by atoms with van der Waals surface area (Å²) >= 11 is 16.2. The van der Waals surface area contributed by atoms with E-state index in [9.17, 15) is 9.90 Å². The zero-order valence-corrected chi connectivity index (χ0v) is 11.8. The highest BCUT2D eigenvalue weighted by molar-refractivity contribution is 6.68. The van der Waals surface area contributed by atoms with Crippen LogP contribution < -0.4 is 10.1 Å². The molecule has 1 rings (SSSR count). The molecule has 0 saturated carbocycles. The third kappa shape index (κ3) is 4.90. The van der Waals surface area contributed by atoms with Gasteiger partial charge in [0.15, 0.2) is 12.8 Å². The largest absolute Gasteiger partial charge is 0.484 e. The lowest BCUT2D eigenvalue weighted by Crippen LogP contribution is -2.45. The third-order valence-corrected chi connectivity index (χ3v) is 2.68. The van der Waals surface area contributed by atoms with E-state index in [1.807, 2.05) is 19.1 Å². The van der Waals surface area contributed by atoms with Gasteiger partial charge in [0, 0.05) is 0 Å². The van der Waals surface area contributed by atoms with E-state index in [1.54, 1.807) is 12.1 Å². The Morgan fingerprint density at radius 2 is 2.06 bits per heavy atom. The fourth-order valence-corrected chi connectivity index (χ4v) is 1.30. The number of benzene rings is 1. The van der Waals surface area contributed by atoms with Gasteiger partial charge in [-0.2, -0.15) is 0 Å². The van der Waals surface area contributed by atoms with E-state index in [0.717, 1.165) is 5.56 Å². The first-order valence-electron chi connectivity index (χ1n) is 5.03. The minimum Gasteiger partial charge on any atom is -0.484 e. The van der Waals surface area contributed by atoms with Crippen molar-refractivity contribution in [1.29, 1.82) is 0 Å². The summed E-state index contributed by atoms with van der Waals surface area (Å²) in [5.74, 6) is -0.00639. The Labute approximate surface area is 120 Å². The van der Waals surface area contributed by atoms with E-state index >= 15 is 0 Å². The Hall–Kier alpha value is -0.680. The number of para-hydroxylation sites is 1. The van der Waals surface area contributed by atoms with E-state index in [-0.39, 0.29) is 6.61 Å². The number of alkyl halides is 3. The van der Waals surface area contributed by atoms with Crippen molar-refractivity contribution in [2.45, 2.75) is 16.9 Å². The van der Waals surface area contributed by atoms with Crippen molar-refractivity contribution < 1.29 is 14.6 Å². The standard InChI is InChI=1S/C11H12Cl3NO3/c1-7-4-2-3-5-8(7)18-6-9(16)15-10(17)11(12,13)14/h2-5,10,17H,6H2,1H3,(H,15,16)/t10-/m0/s1. The number of aliphatic hydroxyl groups is 1. The number of carbonyl (C=O) groups is 1. The maximum Gasteiger partial charge on any atom is 0.260 e. The molecule has 7 heteroatoms. The maximum absolute atomic E-state index is 11.4. The minimum atomic E-state index is -1.97. The van der Waals surface area contributed by atoms with Crippen molar-refractivity contribution >= 4 is 40.7 Å². The molecule has 0 aliphatic heterocycles. The second-order valence-electron chi connectivity index (χ2n) is 3.57. The number of aryl methyl sites for hydroxylation is 1. The topological polar surface area (TPSA) is 58.6 Å². The van der Waals surface area contributed by atoms with Gasteiger partial charge in [0.05, 0.1) is 0 Å². The highest BCUT2D eigenvalue weighted by Crippen LogP contribution is 2.28. The summed E-state index contributed by atoms with van der Waals surface area (Å²) in [6, 6.07) is 7.22. The zero-order valence-electron chi connectivity index (χ0n) is 9.49. The molecular weight excluding hydrogens is 300 g/mol. The van der Waals surface area contributed by atoms with Gasteiger partial charge < -0.3 is 15.2 Å². The second kappa shape index (κ2) is 6.48. The molecule has 0 radical (unpaired) electrons. The molecule has 0 aliphatic carbocycles. The van der Waals surface area contributed by atoms with Crippen LogP contribution in [0.4, 0.5) is 0 Å². The first kappa shape index (κ1) is 15.4. The molecule has 0 bridgehead atoms. The molecule has 0 heterocycles. The van der Waals surface area contributed by atoms with E-state index in [4.69, 9.17) is 39.5 Å². The second-order valence-corrected chi connectivity index (χ2v) is 5.93. The lowest BCUT2D eigenvalue weighted by molar-refractivity contribution is -0.126. The van der Waals surface area contributed by atoms with Crippen LogP contribution in [0.25, 0.3) is 0 Å². The highest BCUT2D eigenvalue weighted by atomic mass is 35.6. The first-order chi connectivity index (χ1) is 8.30. The van der Waals surface area contributed by atoms with Crippen molar-refractivity contribution in [2.24, 2.45) is 0 Å². The molecule has 1 aromatic carbocycles. The number of halogens is 3. The van der Waals surface area contributed by atoms with E-state index in [2.05, 4.69) is 5.32 Å². The highest BCUT2D eigenvalue weighted by Gasteiger charge is 2.32. The lowest BCUT2D eigenvalue weighted by atomic mass is 10.2. The van der Waals surface area contributed by atoms with Gasteiger partial charge in [-0.05, 0) is 18.6 Å². The Kier molecular flexibility index (Phi) is 5.53. The fraction of sp³-hybridized carbons (Fsp3) is 0.364. The average molecular weight is 313 g/mol. The van der Waals surface area contributed by atoms with Gasteiger partial charge in [-0.3, -0.25) is 4.79 Å². The van der Waals surface area contributed by atoms with Crippen LogP contribution in [-0.2, 0) is 4.79 Å². The third-order valence-electron chi connectivity index (χ3n) is 2.06. The van der Waals surface area contributed by atoms with E-state index in [1.165, 1.54) is 0 Å². The number of nitrogens with one attached hydrogen (secondary N) is 1. The Bertz CT molecular complexity index is 420. The smallest absolute Gasteiger partial charge is 0.260 e. The molecule has 1 aromatic rings. The van der Waals surface area contributed by atoms with Crippen molar-refractivity contribution in [3.63, 3.8) is 0 Å². The van der Waals surface area contributed by atoms with Gasteiger partial charge in [-0.25, -0.2) is 0 Å². The Morgan fingerprint density at radius 3 is 2.61 bits per heavy atom. The van der Waals surface area contributed by atoms with Gasteiger partial charge in [0.25, 0.3) is 5.91 Å². The summed E-state index contributed by atoms with van der Waals surface area (Å²) in [6.45, 7) is 1.58. The van der Waals surface area contributed by atoms with Crippen molar-refractivity contribution in [1.82, 2.24) is 5.32 Å². The molecule has 0 unspecified atom stereocenters. The summed E-state index contributed by atoms with van der Waals surface area (Å²) in [6.07, 6.45) is -1.59. The van der Waals surface area contributed by atoms with Crippen molar-refractivity contribution in [2.75, 3.05) is 6.61 Å². The quantitative estimate of drug-likeness (QED) is 0.662. The van der Waals surface area contributed by atoms with Crippen LogP contribution in [0.5, 0.6) is 5.75 Å². The summed E-state index contributed by atoms with van der Waals surface area (Å²) in [7, 11) is 0. The SMILES string of the molecule is Cc1ccccc1OCC(=O)N[C@@H](O)C(Cl)(Cl)Cl. The van der Waals surface area contributed by atoms with Crippen molar-refractivity contribution in [3.8, 4) is 5.75 Å². The van der Waals surface area contributed by atoms with Gasteiger partial charge in [-0.15, -0.1) is 0 Å². The molecule has 0 aliphatic rings. The molecule has 4 nitrogen and oxygen atoms in total. The first-order valence-corrected chi connectivity index (χ1v) is 6.16. The van der Waals surface area contributed by atoms with Crippen LogP contribution in [0.1, 0.15) is 5.56 Å². The molecule has 18 heavy (non-hydrogen) atoms. The van der Waals surface area contributed by atoms with Gasteiger partial charge in [0.1, 0.15) is 5.75 Å². The fourth-order valence-electron chi connectivity index (χ4n) is 1.14. The predicted octanol–water partition coefficient (Wildman–Crippen LogP) is 2.18. The number of aliphatic hydroxyl groups excluding tert-OH is 1. The molecule has 0 saturated heterocycles. The normalized spacial score (nSPS) is 12.9. The van der Waals surface area contributed by atoms with Crippen molar-refractivity contribution in [3.05, 3.63) is 29.8 Å². The lowest BCUT2D eigenvalue weighted by Gasteiger charge is -2.20. The minimum absolute atomic E-state index is 0.275. The maximum atomic E-state index is 11.4. The van der Waals surface area contributed by atoms with E-state index < -0.39 is 15.9 Å². The summed E-state index contributed by atoms with van der Waals surface area (Å²) in [4.78, 5) is 11.4. The van der Waals surface area contributed by atoms with Crippen LogP contribution in [-0.4, -0.2) is 27.6 Å². The summed E-state index contributed by atoms with van der Waals surface area (Å²) < 4.78 is 3.29. The molecule has 0 aromatic heterocycles. The molecule has 0 fully saturated rings. The number of rotatable bonds is 4. The number of carbonyl (C=O) groups excluding carboxylic acids is 1. The predicted molar refractivity (Wildman–Crippen MR) is 71.1 cm³/mol.